The van der Waals surface area contributed by atoms with Crippen molar-refractivity contribution < 1.29 is 0 Å². The van der Waals surface area contributed by atoms with E-state index in [0.717, 1.165) is 18.5 Å². The minimum Gasteiger partial charge on any atom is -0.399 e. The van der Waals surface area contributed by atoms with Crippen LogP contribution in [-0.4, -0.2) is 0 Å². The molecule has 3 aromatic rings. The van der Waals surface area contributed by atoms with Crippen molar-refractivity contribution in [2.24, 2.45) is 0 Å². The fourth-order valence-corrected chi connectivity index (χ4v) is 4.26. The highest BCUT2D eigenvalue weighted by Crippen LogP contribution is 2.38. The fourth-order valence-electron chi connectivity index (χ4n) is 3.21. The molecule has 0 aromatic heterocycles. The van der Waals surface area contributed by atoms with Crippen LogP contribution in [0.1, 0.15) is 27.8 Å². The van der Waals surface area contributed by atoms with Crippen LogP contribution >= 0.6 is 11.8 Å². The summed E-state index contributed by atoms with van der Waals surface area (Å²) in [6, 6.07) is 21.7. The molecule has 0 unspecified atom stereocenters. The van der Waals surface area contributed by atoms with Crippen LogP contribution in [0.4, 0.5) is 5.69 Å². The molecule has 3 aromatic carbocycles. The largest absolute Gasteiger partial charge is 0.399 e. The SMILES string of the molecule is Cc1ccc(Sc2cc(N)cc3c2Cc2ccccc2C3)cc1. The molecule has 4 rings (SSSR count). The third-order valence-corrected chi connectivity index (χ3v) is 5.53. The molecule has 0 amide bonds. The summed E-state index contributed by atoms with van der Waals surface area (Å²) in [5.41, 5.74) is 14.0. The Morgan fingerprint density at radius 2 is 1.52 bits per heavy atom. The summed E-state index contributed by atoms with van der Waals surface area (Å²) in [5, 5.41) is 0. The maximum atomic E-state index is 6.17. The highest BCUT2D eigenvalue weighted by molar-refractivity contribution is 7.99. The Morgan fingerprint density at radius 3 is 2.26 bits per heavy atom. The summed E-state index contributed by atoms with van der Waals surface area (Å²) in [5.74, 6) is 0. The highest BCUT2D eigenvalue weighted by atomic mass is 32.2. The zero-order valence-corrected chi connectivity index (χ0v) is 14.0. The van der Waals surface area contributed by atoms with Crippen molar-refractivity contribution in [1.29, 1.82) is 0 Å². The standard InChI is InChI=1S/C21H19NS/c1-14-6-8-19(9-7-14)23-21-13-18(22)11-17-10-15-4-2-3-5-16(15)12-20(17)21/h2-9,11,13H,10,12,22H2,1H3. The third kappa shape index (κ3) is 2.87. The molecule has 0 atom stereocenters. The van der Waals surface area contributed by atoms with Gasteiger partial charge in [0.25, 0.3) is 0 Å². The molecule has 0 radical (unpaired) electrons. The molecule has 2 heteroatoms. The lowest BCUT2D eigenvalue weighted by Crippen LogP contribution is -2.09. The Kier molecular flexibility index (Phi) is 3.62. The van der Waals surface area contributed by atoms with Crippen LogP contribution in [0.2, 0.25) is 0 Å². The summed E-state index contributed by atoms with van der Waals surface area (Å²) >= 11 is 1.82. The lowest BCUT2D eigenvalue weighted by atomic mass is 9.86. The molecular formula is C21H19NS. The van der Waals surface area contributed by atoms with Crippen molar-refractivity contribution in [1.82, 2.24) is 0 Å². The quantitative estimate of drug-likeness (QED) is 0.513. The molecule has 1 aliphatic carbocycles. The molecular weight excluding hydrogens is 298 g/mol. The molecule has 0 saturated heterocycles. The molecule has 114 valence electrons. The summed E-state index contributed by atoms with van der Waals surface area (Å²) in [7, 11) is 0. The number of hydrogen-bond donors (Lipinski definition) is 1. The van der Waals surface area contributed by atoms with E-state index in [1.807, 2.05) is 11.8 Å². The lowest BCUT2D eigenvalue weighted by molar-refractivity contribution is 0.970. The van der Waals surface area contributed by atoms with Crippen molar-refractivity contribution in [2.75, 3.05) is 5.73 Å². The van der Waals surface area contributed by atoms with Gasteiger partial charge in [-0.2, -0.15) is 0 Å². The van der Waals surface area contributed by atoms with Gasteiger partial charge in [-0.1, -0.05) is 53.7 Å². The van der Waals surface area contributed by atoms with Gasteiger partial charge >= 0.3 is 0 Å². The van der Waals surface area contributed by atoms with E-state index in [9.17, 15) is 0 Å². The second-order valence-electron chi connectivity index (χ2n) is 6.19. The van der Waals surface area contributed by atoms with Crippen molar-refractivity contribution in [3.63, 3.8) is 0 Å². The van der Waals surface area contributed by atoms with Gasteiger partial charge in [-0.05, 0) is 66.3 Å². The number of rotatable bonds is 2. The predicted octanol–water partition coefficient (Wildman–Crippen LogP) is 5.22. The van der Waals surface area contributed by atoms with Gasteiger partial charge in [-0.15, -0.1) is 0 Å². The normalized spacial score (nSPS) is 12.6. The number of nitrogens with two attached hydrogens (primary N) is 1. The molecule has 0 fully saturated rings. The first kappa shape index (κ1) is 14.4. The number of aryl methyl sites for hydroxylation is 1. The second-order valence-corrected chi connectivity index (χ2v) is 7.31. The number of fused-ring (bicyclic) bond motifs is 2. The van der Waals surface area contributed by atoms with Gasteiger partial charge in [0, 0.05) is 15.5 Å². The van der Waals surface area contributed by atoms with E-state index in [4.69, 9.17) is 5.73 Å². The lowest BCUT2D eigenvalue weighted by Gasteiger charge is -2.23. The van der Waals surface area contributed by atoms with Crippen LogP contribution in [0.25, 0.3) is 0 Å². The average molecular weight is 317 g/mol. The van der Waals surface area contributed by atoms with Crippen LogP contribution in [-0.2, 0) is 12.8 Å². The Balaban J connectivity index is 1.74. The summed E-state index contributed by atoms with van der Waals surface area (Å²) in [4.78, 5) is 2.56. The first-order chi connectivity index (χ1) is 11.2. The monoisotopic (exact) mass is 317 g/mol. The highest BCUT2D eigenvalue weighted by Gasteiger charge is 2.19. The minimum absolute atomic E-state index is 0.859. The van der Waals surface area contributed by atoms with Crippen molar-refractivity contribution in [3.05, 3.63) is 88.5 Å². The molecule has 0 bridgehead atoms. The first-order valence-corrected chi connectivity index (χ1v) is 8.73. The molecule has 0 heterocycles. The molecule has 0 aliphatic heterocycles. The van der Waals surface area contributed by atoms with E-state index in [1.165, 1.54) is 37.6 Å². The van der Waals surface area contributed by atoms with Gasteiger partial charge in [-0.25, -0.2) is 0 Å². The number of hydrogen-bond acceptors (Lipinski definition) is 2. The zero-order chi connectivity index (χ0) is 15.8. The van der Waals surface area contributed by atoms with Crippen LogP contribution in [0, 0.1) is 6.92 Å². The molecule has 0 spiro atoms. The maximum absolute atomic E-state index is 6.17. The second kappa shape index (κ2) is 5.78. The number of anilines is 1. The van der Waals surface area contributed by atoms with Gasteiger partial charge in [0.1, 0.15) is 0 Å². The number of benzene rings is 3. The van der Waals surface area contributed by atoms with Crippen molar-refractivity contribution in [3.8, 4) is 0 Å². The third-order valence-electron chi connectivity index (χ3n) is 4.44. The van der Waals surface area contributed by atoms with Crippen molar-refractivity contribution >= 4 is 17.4 Å². The molecule has 1 aliphatic rings. The van der Waals surface area contributed by atoms with Gasteiger partial charge in [-0.3, -0.25) is 0 Å². The average Bonchev–Trinajstić information content (AvgIpc) is 2.55. The van der Waals surface area contributed by atoms with Gasteiger partial charge in [0.15, 0.2) is 0 Å². The van der Waals surface area contributed by atoms with Gasteiger partial charge in [0.05, 0.1) is 0 Å². The van der Waals surface area contributed by atoms with E-state index in [2.05, 4.69) is 67.6 Å². The van der Waals surface area contributed by atoms with Crippen LogP contribution in [0.5, 0.6) is 0 Å². The molecule has 2 N–H and O–H groups in total. The van der Waals surface area contributed by atoms with Crippen LogP contribution < -0.4 is 5.73 Å². The van der Waals surface area contributed by atoms with E-state index in [1.54, 1.807) is 0 Å². The molecule has 23 heavy (non-hydrogen) atoms. The smallest absolute Gasteiger partial charge is 0.0328 e. The maximum Gasteiger partial charge on any atom is 0.0328 e. The minimum atomic E-state index is 0.859. The number of nitrogen functional groups attached to an aromatic ring is 1. The summed E-state index contributed by atoms with van der Waals surface area (Å²) < 4.78 is 0. The first-order valence-electron chi connectivity index (χ1n) is 7.91. The summed E-state index contributed by atoms with van der Waals surface area (Å²) in [6.45, 7) is 2.12. The van der Waals surface area contributed by atoms with E-state index >= 15 is 0 Å². The van der Waals surface area contributed by atoms with E-state index < -0.39 is 0 Å². The Bertz CT molecular complexity index is 866. The Hall–Kier alpha value is -2.19. The van der Waals surface area contributed by atoms with E-state index in [-0.39, 0.29) is 0 Å². The van der Waals surface area contributed by atoms with Crippen LogP contribution in [0.15, 0.2) is 70.5 Å². The molecule has 1 nitrogen and oxygen atoms in total. The Morgan fingerprint density at radius 1 is 0.826 bits per heavy atom. The Labute approximate surface area is 141 Å². The van der Waals surface area contributed by atoms with Crippen LogP contribution in [0.3, 0.4) is 0 Å². The van der Waals surface area contributed by atoms with Gasteiger partial charge < -0.3 is 5.73 Å². The molecule has 0 saturated carbocycles. The topological polar surface area (TPSA) is 26.0 Å². The zero-order valence-electron chi connectivity index (χ0n) is 13.2. The van der Waals surface area contributed by atoms with E-state index in [0.29, 0.717) is 0 Å². The fraction of sp³-hybridized carbons (Fsp3) is 0.143. The summed E-state index contributed by atoms with van der Waals surface area (Å²) in [6.07, 6.45) is 1.98. The van der Waals surface area contributed by atoms with Crippen molar-refractivity contribution in [2.45, 2.75) is 29.6 Å². The predicted molar refractivity (Wildman–Crippen MR) is 98.2 cm³/mol. The van der Waals surface area contributed by atoms with Gasteiger partial charge in [0.2, 0.25) is 0 Å².